The first kappa shape index (κ1) is 15.9. The van der Waals surface area contributed by atoms with E-state index in [1.807, 2.05) is 0 Å². The zero-order chi connectivity index (χ0) is 13.7. The van der Waals surface area contributed by atoms with Gasteiger partial charge in [0, 0.05) is 13.0 Å². The highest BCUT2D eigenvalue weighted by atomic mass is 16.6. The number of esters is 1. The maximum atomic E-state index is 11.3. The van der Waals surface area contributed by atoms with Crippen LogP contribution in [-0.4, -0.2) is 34.7 Å². The molecule has 0 saturated heterocycles. The molecule has 100 valence electrons. The van der Waals surface area contributed by atoms with E-state index in [-0.39, 0.29) is 25.3 Å². The summed E-state index contributed by atoms with van der Waals surface area (Å²) >= 11 is 0. The molecule has 0 bridgehead atoms. The number of carbonyl (C=O) groups excluding carboxylic acids is 2. The quantitative estimate of drug-likeness (QED) is 0.708. The number of carbonyl (C=O) groups is 2. The van der Waals surface area contributed by atoms with Crippen LogP contribution in [0.3, 0.4) is 0 Å². The summed E-state index contributed by atoms with van der Waals surface area (Å²) in [5, 5.41) is 11.9. The van der Waals surface area contributed by atoms with Crippen LogP contribution in [0.5, 0.6) is 0 Å². The third-order valence-electron chi connectivity index (χ3n) is 1.69. The Morgan fingerprint density at radius 2 is 1.65 bits per heavy atom. The summed E-state index contributed by atoms with van der Waals surface area (Å²) < 4.78 is 5.07. The fourth-order valence-corrected chi connectivity index (χ4v) is 1.01. The van der Waals surface area contributed by atoms with Crippen molar-refractivity contribution in [2.45, 2.75) is 58.7 Å². The van der Waals surface area contributed by atoms with Crippen molar-refractivity contribution in [2.24, 2.45) is 0 Å². The standard InChI is InChI=1S/C12H23NO4/c1-11(2,3)17-10(15)7-6-9(14)13-8-12(4,5)16/h16H,6-8H2,1-5H3,(H,13,14). The van der Waals surface area contributed by atoms with E-state index in [2.05, 4.69) is 5.32 Å². The van der Waals surface area contributed by atoms with Crippen molar-refractivity contribution in [3.63, 3.8) is 0 Å². The Morgan fingerprint density at radius 3 is 2.06 bits per heavy atom. The van der Waals surface area contributed by atoms with Crippen molar-refractivity contribution >= 4 is 11.9 Å². The molecule has 0 unspecified atom stereocenters. The minimum atomic E-state index is -0.943. The summed E-state index contributed by atoms with van der Waals surface area (Å²) in [4.78, 5) is 22.6. The molecule has 0 aliphatic heterocycles. The molecule has 5 nitrogen and oxygen atoms in total. The van der Waals surface area contributed by atoms with Crippen molar-refractivity contribution in [2.75, 3.05) is 6.54 Å². The first-order valence-corrected chi connectivity index (χ1v) is 5.70. The average molecular weight is 245 g/mol. The molecule has 0 aliphatic carbocycles. The largest absolute Gasteiger partial charge is 0.460 e. The highest BCUT2D eigenvalue weighted by Crippen LogP contribution is 2.09. The Morgan fingerprint density at radius 1 is 1.12 bits per heavy atom. The summed E-state index contributed by atoms with van der Waals surface area (Å²) in [5.41, 5.74) is -1.47. The van der Waals surface area contributed by atoms with Crippen molar-refractivity contribution < 1.29 is 19.4 Å². The zero-order valence-corrected chi connectivity index (χ0v) is 11.3. The summed E-state index contributed by atoms with van der Waals surface area (Å²) in [7, 11) is 0. The molecule has 0 saturated carbocycles. The summed E-state index contributed by atoms with van der Waals surface area (Å²) in [6, 6.07) is 0. The second-order valence-electron chi connectivity index (χ2n) is 5.68. The van der Waals surface area contributed by atoms with Gasteiger partial charge in [0.15, 0.2) is 0 Å². The second-order valence-corrected chi connectivity index (χ2v) is 5.68. The van der Waals surface area contributed by atoms with Crippen molar-refractivity contribution in [3.05, 3.63) is 0 Å². The number of ether oxygens (including phenoxy) is 1. The predicted molar refractivity (Wildman–Crippen MR) is 64.4 cm³/mol. The summed E-state index contributed by atoms with van der Waals surface area (Å²) in [6.45, 7) is 8.69. The van der Waals surface area contributed by atoms with Gasteiger partial charge in [-0.05, 0) is 34.6 Å². The van der Waals surface area contributed by atoms with Gasteiger partial charge in [-0.3, -0.25) is 9.59 Å². The summed E-state index contributed by atoms with van der Waals surface area (Å²) in [5.74, 6) is -0.658. The maximum absolute atomic E-state index is 11.3. The SMILES string of the molecule is CC(C)(O)CNC(=O)CCC(=O)OC(C)(C)C. The van der Waals surface area contributed by atoms with Gasteiger partial charge in [-0.25, -0.2) is 0 Å². The number of nitrogens with one attached hydrogen (secondary N) is 1. The lowest BCUT2D eigenvalue weighted by atomic mass is 10.1. The minimum Gasteiger partial charge on any atom is -0.460 e. The molecular weight excluding hydrogens is 222 g/mol. The molecule has 0 fully saturated rings. The van der Waals surface area contributed by atoms with Crippen LogP contribution in [0.25, 0.3) is 0 Å². The molecular formula is C12H23NO4. The van der Waals surface area contributed by atoms with Crippen LogP contribution in [0.2, 0.25) is 0 Å². The first-order valence-electron chi connectivity index (χ1n) is 5.70. The molecule has 0 heterocycles. The van der Waals surface area contributed by atoms with Gasteiger partial charge in [0.2, 0.25) is 5.91 Å². The van der Waals surface area contributed by atoms with Crippen LogP contribution >= 0.6 is 0 Å². The van der Waals surface area contributed by atoms with E-state index in [0.29, 0.717) is 0 Å². The number of rotatable bonds is 5. The van der Waals surface area contributed by atoms with E-state index >= 15 is 0 Å². The molecule has 17 heavy (non-hydrogen) atoms. The zero-order valence-electron chi connectivity index (χ0n) is 11.3. The third-order valence-corrected chi connectivity index (χ3v) is 1.69. The highest BCUT2D eigenvalue weighted by molar-refractivity contribution is 5.81. The molecule has 0 spiro atoms. The molecule has 0 aliphatic rings. The number of amides is 1. The van der Waals surface area contributed by atoms with Crippen LogP contribution in [0, 0.1) is 0 Å². The van der Waals surface area contributed by atoms with Gasteiger partial charge in [0.25, 0.3) is 0 Å². The van der Waals surface area contributed by atoms with Crippen LogP contribution in [0.1, 0.15) is 47.5 Å². The summed E-state index contributed by atoms with van der Waals surface area (Å²) in [6.07, 6.45) is 0.125. The lowest BCUT2D eigenvalue weighted by Crippen LogP contribution is -2.38. The molecule has 0 radical (unpaired) electrons. The van der Waals surface area contributed by atoms with Gasteiger partial charge >= 0.3 is 5.97 Å². The van der Waals surface area contributed by atoms with Crippen LogP contribution in [0.4, 0.5) is 0 Å². The number of hydrogen-bond acceptors (Lipinski definition) is 4. The Balaban J connectivity index is 3.82. The lowest BCUT2D eigenvalue weighted by molar-refractivity contribution is -0.155. The van der Waals surface area contributed by atoms with Gasteiger partial charge in [-0.15, -0.1) is 0 Å². The Hall–Kier alpha value is -1.10. The van der Waals surface area contributed by atoms with E-state index in [0.717, 1.165) is 0 Å². The molecule has 0 atom stereocenters. The van der Waals surface area contributed by atoms with Crippen LogP contribution in [0.15, 0.2) is 0 Å². The maximum Gasteiger partial charge on any atom is 0.306 e. The van der Waals surface area contributed by atoms with Crippen LogP contribution in [-0.2, 0) is 14.3 Å². The third kappa shape index (κ3) is 11.2. The van der Waals surface area contributed by atoms with Gasteiger partial charge in [0.05, 0.1) is 12.0 Å². The minimum absolute atomic E-state index is 0.0506. The lowest BCUT2D eigenvalue weighted by Gasteiger charge is -2.20. The van der Waals surface area contributed by atoms with E-state index in [9.17, 15) is 14.7 Å². The second kappa shape index (κ2) is 6.00. The highest BCUT2D eigenvalue weighted by Gasteiger charge is 2.18. The van der Waals surface area contributed by atoms with E-state index in [1.165, 1.54) is 0 Å². The predicted octanol–water partition coefficient (Wildman–Crippen LogP) is 0.995. The van der Waals surface area contributed by atoms with Crippen molar-refractivity contribution in [1.82, 2.24) is 5.32 Å². The number of hydrogen-bond donors (Lipinski definition) is 2. The molecule has 0 rings (SSSR count). The normalized spacial score (nSPS) is 12.1. The number of aliphatic hydroxyl groups is 1. The molecule has 0 aromatic carbocycles. The van der Waals surface area contributed by atoms with Gasteiger partial charge in [-0.2, -0.15) is 0 Å². The Kier molecular flexibility index (Phi) is 5.61. The Labute approximate surface area is 103 Å². The molecule has 0 aromatic heterocycles. The molecule has 0 aromatic rings. The van der Waals surface area contributed by atoms with Gasteiger partial charge < -0.3 is 15.2 Å². The van der Waals surface area contributed by atoms with Crippen molar-refractivity contribution in [3.8, 4) is 0 Å². The Bertz CT molecular complexity index is 273. The van der Waals surface area contributed by atoms with E-state index < -0.39 is 17.2 Å². The molecule has 5 heteroatoms. The topological polar surface area (TPSA) is 75.6 Å². The fraction of sp³-hybridized carbons (Fsp3) is 0.833. The smallest absolute Gasteiger partial charge is 0.306 e. The average Bonchev–Trinajstić information content (AvgIpc) is 2.07. The van der Waals surface area contributed by atoms with Gasteiger partial charge in [-0.1, -0.05) is 0 Å². The fourth-order valence-electron chi connectivity index (χ4n) is 1.01. The monoisotopic (exact) mass is 245 g/mol. The van der Waals surface area contributed by atoms with E-state index in [4.69, 9.17) is 4.74 Å². The van der Waals surface area contributed by atoms with E-state index in [1.54, 1.807) is 34.6 Å². The van der Waals surface area contributed by atoms with Crippen LogP contribution < -0.4 is 5.32 Å². The first-order chi connectivity index (χ1) is 7.49. The molecule has 2 N–H and O–H groups in total. The molecule has 1 amide bonds. The van der Waals surface area contributed by atoms with Gasteiger partial charge in [0.1, 0.15) is 5.60 Å². The van der Waals surface area contributed by atoms with Crippen molar-refractivity contribution in [1.29, 1.82) is 0 Å².